The van der Waals surface area contributed by atoms with Gasteiger partial charge in [-0.15, -0.1) is 0 Å². The minimum absolute atomic E-state index is 0.0140. The molecular formula is C12H14INO3. The van der Waals surface area contributed by atoms with Gasteiger partial charge in [0.1, 0.15) is 0 Å². The van der Waals surface area contributed by atoms with Crippen LogP contribution in [0.4, 0.5) is 5.69 Å². The van der Waals surface area contributed by atoms with Crippen LogP contribution in [0.2, 0.25) is 0 Å². The predicted octanol–water partition coefficient (Wildman–Crippen LogP) is 2.73. The number of aliphatic carboxylic acids is 1. The normalized spacial score (nSPS) is 11.9. The van der Waals surface area contributed by atoms with Gasteiger partial charge >= 0.3 is 5.97 Å². The van der Waals surface area contributed by atoms with E-state index in [-0.39, 0.29) is 24.7 Å². The highest BCUT2D eigenvalue weighted by Gasteiger charge is 2.12. The summed E-state index contributed by atoms with van der Waals surface area (Å²) >= 11 is 2.19. The molecule has 0 aliphatic rings. The molecule has 0 aliphatic carbocycles. The molecular weight excluding hydrogens is 333 g/mol. The van der Waals surface area contributed by atoms with Crippen molar-refractivity contribution in [3.63, 3.8) is 0 Å². The van der Waals surface area contributed by atoms with Gasteiger partial charge in [-0.2, -0.15) is 0 Å². The zero-order chi connectivity index (χ0) is 12.8. The Kier molecular flexibility index (Phi) is 5.40. The fraction of sp³-hybridized carbons (Fsp3) is 0.333. The van der Waals surface area contributed by atoms with Crippen molar-refractivity contribution in [2.24, 2.45) is 5.92 Å². The molecule has 0 saturated carbocycles. The van der Waals surface area contributed by atoms with E-state index in [4.69, 9.17) is 5.11 Å². The number of carbonyl (C=O) groups excluding carboxylic acids is 1. The average molecular weight is 347 g/mol. The van der Waals surface area contributed by atoms with Crippen LogP contribution < -0.4 is 5.32 Å². The minimum atomic E-state index is -0.875. The lowest BCUT2D eigenvalue weighted by atomic mass is 10.0. The highest BCUT2D eigenvalue weighted by molar-refractivity contribution is 14.1. The summed E-state index contributed by atoms with van der Waals surface area (Å²) < 4.78 is 1.10. The Labute approximate surface area is 114 Å². The zero-order valence-corrected chi connectivity index (χ0v) is 11.6. The molecule has 1 rings (SSSR count). The number of carbonyl (C=O) groups is 2. The molecule has 0 spiro atoms. The number of carboxylic acid groups (broad SMARTS) is 1. The van der Waals surface area contributed by atoms with Crippen LogP contribution >= 0.6 is 22.6 Å². The lowest BCUT2D eigenvalue weighted by Crippen LogP contribution is -2.16. The number of carboxylic acids is 1. The smallest absolute Gasteiger partial charge is 0.303 e. The number of hydrogen-bond donors (Lipinski definition) is 2. The van der Waals surface area contributed by atoms with Gasteiger partial charge in [0.05, 0.1) is 0 Å². The molecule has 1 unspecified atom stereocenters. The van der Waals surface area contributed by atoms with Gasteiger partial charge in [0.2, 0.25) is 5.91 Å². The van der Waals surface area contributed by atoms with E-state index in [2.05, 4.69) is 27.9 Å². The zero-order valence-electron chi connectivity index (χ0n) is 9.44. The van der Waals surface area contributed by atoms with Crippen LogP contribution in [0.25, 0.3) is 0 Å². The van der Waals surface area contributed by atoms with Crippen LogP contribution in [0.3, 0.4) is 0 Å². The molecule has 2 N–H and O–H groups in total. The van der Waals surface area contributed by atoms with Crippen LogP contribution in [-0.2, 0) is 9.59 Å². The van der Waals surface area contributed by atoms with Crippen molar-refractivity contribution >= 4 is 40.2 Å². The summed E-state index contributed by atoms with van der Waals surface area (Å²) in [5.41, 5.74) is 0.734. The summed E-state index contributed by atoms with van der Waals surface area (Å²) in [6, 6.07) is 7.44. The summed E-state index contributed by atoms with van der Waals surface area (Å²) in [6.45, 7) is 1.75. The molecule has 5 heteroatoms. The summed E-state index contributed by atoms with van der Waals surface area (Å²) in [7, 11) is 0. The van der Waals surface area contributed by atoms with E-state index in [9.17, 15) is 9.59 Å². The third kappa shape index (κ3) is 5.67. The van der Waals surface area contributed by atoms with Crippen LogP contribution in [0.15, 0.2) is 24.3 Å². The fourth-order valence-electron chi connectivity index (χ4n) is 1.43. The molecule has 92 valence electrons. The number of anilines is 1. The molecule has 4 nitrogen and oxygen atoms in total. The Morgan fingerprint density at radius 2 is 1.88 bits per heavy atom. The van der Waals surface area contributed by atoms with E-state index in [0.29, 0.717) is 0 Å². The molecule has 0 heterocycles. The van der Waals surface area contributed by atoms with Crippen molar-refractivity contribution in [1.82, 2.24) is 0 Å². The van der Waals surface area contributed by atoms with Gasteiger partial charge in [-0.05, 0) is 52.8 Å². The molecule has 0 aliphatic heterocycles. The van der Waals surface area contributed by atoms with E-state index in [1.807, 2.05) is 24.3 Å². The van der Waals surface area contributed by atoms with Crippen molar-refractivity contribution in [3.8, 4) is 0 Å². The minimum Gasteiger partial charge on any atom is -0.481 e. The molecule has 0 radical (unpaired) electrons. The molecule has 1 aromatic rings. The van der Waals surface area contributed by atoms with E-state index in [0.717, 1.165) is 9.26 Å². The number of amides is 1. The molecule has 1 atom stereocenters. The first-order valence-corrected chi connectivity index (χ1v) is 6.32. The Morgan fingerprint density at radius 3 is 2.41 bits per heavy atom. The standard InChI is InChI=1S/C12H14INO3/c1-8(7-12(16)17)6-11(15)14-10-4-2-9(13)3-5-10/h2-5,8H,6-7H2,1H3,(H,14,15)(H,16,17). The van der Waals surface area contributed by atoms with Gasteiger partial charge in [-0.1, -0.05) is 6.92 Å². The first kappa shape index (κ1) is 14.0. The van der Waals surface area contributed by atoms with Gasteiger partial charge in [-0.25, -0.2) is 0 Å². The maximum absolute atomic E-state index is 11.6. The monoisotopic (exact) mass is 347 g/mol. The van der Waals surface area contributed by atoms with E-state index in [1.165, 1.54) is 0 Å². The van der Waals surface area contributed by atoms with Crippen molar-refractivity contribution < 1.29 is 14.7 Å². The summed E-state index contributed by atoms with van der Waals surface area (Å²) in [4.78, 5) is 22.0. The Balaban J connectivity index is 2.44. The number of benzene rings is 1. The highest BCUT2D eigenvalue weighted by Crippen LogP contribution is 2.13. The molecule has 0 bridgehead atoms. The molecule has 1 amide bonds. The molecule has 1 aromatic carbocycles. The maximum Gasteiger partial charge on any atom is 0.303 e. The number of halogens is 1. The number of hydrogen-bond acceptors (Lipinski definition) is 2. The van der Waals surface area contributed by atoms with E-state index < -0.39 is 5.97 Å². The van der Waals surface area contributed by atoms with Gasteiger partial charge in [0.25, 0.3) is 0 Å². The second-order valence-electron chi connectivity index (χ2n) is 3.96. The van der Waals surface area contributed by atoms with Crippen LogP contribution in [0.5, 0.6) is 0 Å². The van der Waals surface area contributed by atoms with Crippen molar-refractivity contribution in [3.05, 3.63) is 27.8 Å². The molecule has 0 saturated heterocycles. The molecule has 0 fully saturated rings. The highest BCUT2D eigenvalue weighted by atomic mass is 127. The second kappa shape index (κ2) is 6.58. The average Bonchev–Trinajstić information content (AvgIpc) is 2.19. The van der Waals surface area contributed by atoms with Gasteiger partial charge in [0, 0.05) is 22.1 Å². The summed E-state index contributed by atoms with van der Waals surface area (Å²) in [5.74, 6) is -1.18. The van der Waals surface area contributed by atoms with Crippen LogP contribution in [-0.4, -0.2) is 17.0 Å². The molecule has 0 aromatic heterocycles. The molecule has 17 heavy (non-hydrogen) atoms. The summed E-state index contributed by atoms with van der Waals surface area (Å²) in [5, 5.41) is 11.3. The third-order valence-electron chi connectivity index (χ3n) is 2.18. The Hall–Kier alpha value is -1.11. The maximum atomic E-state index is 11.6. The van der Waals surface area contributed by atoms with E-state index in [1.54, 1.807) is 6.92 Å². The van der Waals surface area contributed by atoms with Gasteiger partial charge in [-0.3, -0.25) is 9.59 Å². The topological polar surface area (TPSA) is 66.4 Å². The van der Waals surface area contributed by atoms with Gasteiger partial charge in [0.15, 0.2) is 0 Å². The van der Waals surface area contributed by atoms with Crippen LogP contribution in [0, 0.1) is 9.49 Å². The van der Waals surface area contributed by atoms with Crippen LogP contribution in [0.1, 0.15) is 19.8 Å². The van der Waals surface area contributed by atoms with Crippen molar-refractivity contribution in [1.29, 1.82) is 0 Å². The largest absolute Gasteiger partial charge is 0.481 e. The number of nitrogens with one attached hydrogen (secondary N) is 1. The Bertz CT molecular complexity index is 403. The van der Waals surface area contributed by atoms with Gasteiger partial charge < -0.3 is 10.4 Å². The predicted molar refractivity (Wildman–Crippen MR) is 73.8 cm³/mol. The first-order valence-electron chi connectivity index (χ1n) is 5.24. The van der Waals surface area contributed by atoms with Crippen molar-refractivity contribution in [2.75, 3.05) is 5.32 Å². The lowest BCUT2D eigenvalue weighted by molar-refractivity contribution is -0.138. The lowest BCUT2D eigenvalue weighted by Gasteiger charge is -2.09. The number of rotatable bonds is 5. The first-order chi connectivity index (χ1) is 7.97. The second-order valence-corrected chi connectivity index (χ2v) is 5.21. The fourth-order valence-corrected chi connectivity index (χ4v) is 1.79. The van der Waals surface area contributed by atoms with Crippen molar-refractivity contribution in [2.45, 2.75) is 19.8 Å². The SMILES string of the molecule is CC(CC(=O)O)CC(=O)Nc1ccc(I)cc1. The Morgan fingerprint density at radius 1 is 1.29 bits per heavy atom. The summed E-state index contributed by atoms with van der Waals surface area (Å²) in [6.07, 6.45) is 0.235. The van der Waals surface area contributed by atoms with E-state index >= 15 is 0 Å². The third-order valence-corrected chi connectivity index (χ3v) is 2.90. The quantitative estimate of drug-likeness (QED) is 0.805.